The Kier molecular flexibility index (Phi) is 9.84. The second-order valence-electron chi connectivity index (χ2n) is 12.1. The highest BCUT2D eigenvalue weighted by Gasteiger charge is 2.44. The molecule has 3 saturated heterocycles. The van der Waals surface area contributed by atoms with E-state index in [-0.39, 0.29) is 12.6 Å². The number of urea groups is 1. The number of amides is 2. The minimum absolute atomic E-state index is 0.240. The van der Waals surface area contributed by atoms with Gasteiger partial charge in [0.1, 0.15) is 11.5 Å². The molecule has 0 aliphatic carbocycles. The third-order valence-corrected chi connectivity index (χ3v) is 8.57. The van der Waals surface area contributed by atoms with Crippen molar-refractivity contribution in [2.24, 2.45) is 5.92 Å². The Morgan fingerprint density at radius 2 is 1.71 bits per heavy atom. The molecule has 228 valence electrons. The summed E-state index contributed by atoms with van der Waals surface area (Å²) in [7, 11) is 0. The number of carboxylic acid groups (broad SMARTS) is 1. The molecular weight excluding hydrogens is 536 g/mol. The average molecular weight is 581 g/mol. The summed E-state index contributed by atoms with van der Waals surface area (Å²) in [6, 6.07) is 11.9. The van der Waals surface area contributed by atoms with E-state index in [1.165, 1.54) is 5.56 Å². The number of likely N-dealkylation sites (tertiary alicyclic amines) is 1. The van der Waals surface area contributed by atoms with Gasteiger partial charge in [0.2, 0.25) is 5.88 Å². The number of rotatable bonds is 11. The molecule has 1 aromatic carbocycles. The number of nitrogens with zero attached hydrogens (tertiary/aromatic N) is 4. The summed E-state index contributed by atoms with van der Waals surface area (Å²) >= 11 is 0. The van der Waals surface area contributed by atoms with Gasteiger partial charge >= 0.3 is 12.0 Å². The molecule has 0 radical (unpaired) electrons. The lowest BCUT2D eigenvalue weighted by atomic mass is 9.97. The predicted octanol–water partition coefficient (Wildman–Crippen LogP) is 4.94. The van der Waals surface area contributed by atoms with Gasteiger partial charge in [0, 0.05) is 63.2 Å². The first-order chi connectivity index (χ1) is 20.3. The average Bonchev–Trinajstić information content (AvgIpc) is 3.29. The molecule has 2 aromatic rings. The molecule has 3 fully saturated rings. The first-order valence-corrected chi connectivity index (χ1v) is 15.2. The molecule has 42 heavy (non-hydrogen) atoms. The van der Waals surface area contributed by atoms with Gasteiger partial charge in [0.15, 0.2) is 6.61 Å². The third-order valence-electron chi connectivity index (χ3n) is 8.57. The second-order valence-corrected chi connectivity index (χ2v) is 12.1. The van der Waals surface area contributed by atoms with Crippen LogP contribution in [0.3, 0.4) is 0 Å². The van der Waals surface area contributed by atoms with E-state index in [4.69, 9.17) is 19.3 Å². The standard InChI is InChI=1S/C32H44N4O6/c1-22(2)18-27-20-35(25-12-16-40-17-13-25)32(39)36(27)26-10-14-34(15-11-26)19-24-4-9-30(33-23(24)3)42-29-7-5-28(6-8-29)41-21-31(37)38/h4-9,22,25-27H,10-21H2,1-3H3,(H,37,38)/t27-/m1/s1. The minimum atomic E-state index is -1.02. The van der Waals surface area contributed by atoms with Gasteiger partial charge in [-0.15, -0.1) is 0 Å². The zero-order valence-electron chi connectivity index (χ0n) is 25.0. The van der Waals surface area contributed by atoms with Crippen molar-refractivity contribution in [1.82, 2.24) is 19.7 Å². The lowest BCUT2D eigenvalue weighted by Gasteiger charge is -2.39. The Balaban J connectivity index is 1.14. The maximum atomic E-state index is 13.7. The van der Waals surface area contributed by atoms with Crippen LogP contribution in [0.4, 0.5) is 4.79 Å². The topological polar surface area (TPSA) is 105 Å². The molecule has 0 unspecified atom stereocenters. The number of hydrogen-bond acceptors (Lipinski definition) is 7. The summed E-state index contributed by atoms with van der Waals surface area (Å²) in [5.74, 6) is 1.11. The van der Waals surface area contributed by atoms with Gasteiger partial charge in [-0.1, -0.05) is 19.9 Å². The molecule has 1 aromatic heterocycles. The van der Waals surface area contributed by atoms with Gasteiger partial charge in [-0.2, -0.15) is 0 Å². The number of aromatic nitrogens is 1. The molecule has 10 nitrogen and oxygen atoms in total. The Morgan fingerprint density at radius 1 is 1.02 bits per heavy atom. The van der Waals surface area contributed by atoms with Crippen LogP contribution < -0.4 is 9.47 Å². The summed E-state index contributed by atoms with van der Waals surface area (Å²) in [6.07, 6.45) is 4.91. The number of carboxylic acids is 1. The predicted molar refractivity (Wildman–Crippen MR) is 158 cm³/mol. The van der Waals surface area contributed by atoms with Crippen LogP contribution in [0.15, 0.2) is 36.4 Å². The summed E-state index contributed by atoms with van der Waals surface area (Å²) < 4.78 is 16.6. The van der Waals surface area contributed by atoms with Gasteiger partial charge in [-0.3, -0.25) is 4.90 Å². The number of pyridine rings is 1. The maximum absolute atomic E-state index is 13.7. The molecule has 3 aliphatic heterocycles. The van der Waals surface area contributed by atoms with Crippen LogP contribution >= 0.6 is 0 Å². The first kappa shape index (κ1) is 30.1. The molecular formula is C32H44N4O6. The van der Waals surface area contributed by atoms with Gasteiger partial charge < -0.3 is 29.1 Å². The highest BCUT2D eigenvalue weighted by Crippen LogP contribution is 2.32. The molecule has 10 heteroatoms. The van der Waals surface area contributed by atoms with Crippen molar-refractivity contribution in [3.63, 3.8) is 0 Å². The number of aliphatic carboxylic acids is 1. The van der Waals surface area contributed by atoms with Crippen LogP contribution in [-0.2, 0) is 16.1 Å². The van der Waals surface area contributed by atoms with Crippen LogP contribution in [0, 0.1) is 12.8 Å². The molecule has 0 bridgehead atoms. The van der Waals surface area contributed by atoms with E-state index in [1.54, 1.807) is 24.3 Å². The van der Waals surface area contributed by atoms with Crippen LogP contribution in [-0.4, -0.2) is 94.4 Å². The zero-order chi connectivity index (χ0) is 29.6. The fourth-order valence-electron chi connectivity index (χ4n) is 6.44. The Hall–Kier alpha value is -3.37. The van der Waals surface area contributed by atoms with E-state index in [0.29, 0.717) is 41.4 Å². The number of ether oxygens (including phenoxy) is 3. The number of carbonyl (C=O) groups is 2. The van der Waals surface area contributed by atoms with Crippen molar-refractivity contribution in [1.29, 1.82) is 0 Å². The largest absolute Gasteiger partial charge is 0.482 e. The van der Waals surface area contributed by atoms with Crippen molar-refractivity contribution in [2.45, 2.75) is 77.5 Å². The molecule has 2 amide bonds. The third kappa shape index (κ3) is 7.52. The first-order valence-electron chi connectivity index (χ1n) is 15.2. The van der Waals surface area contributed by atoms with E-state index < -0.39 is 5.97 Å². The summed E-state index contributed by atoms with van der Waals surface area (Å²) in [6.45, 7) is 11.2. The Bertz CT molecular complexity index is 1210. The number of hydrogen-bond donors (Lipinski definition) is 1. The molecule has 1 atom stereocenters. The fraction of sp³-hybridized carbons (Fsp3) is 0.594. The molecule has 5 rings (SSSR count). The smallest absolute Gasteiger partial charge is 0.341 e. The summed E-state index contributed by atoms with van der Waals surface area (Å²) in [5.41, 5.74) is 2.09. The van der Waals surface area contributed by atoms with E-state index in [9.17, 15) is 9.59 Å². The van der Waals surface area contributed by atoms with Gasteiger partial charge in [-0.05, 0) is 74.8 Å². The van der Waals surface area contributed by atoms with E-state index in [0.717, 1.165) is 77.2 Å². The van der Waals surface area contributed by atoms with E-state index >= 15 is 0 Å². The Labute approximate surface area is 248 Å². The number of carbonyl (C=O) groups excluding carboxylic acids is 1. The normalized spacial score (nSPS) is 20.9. The fourth-order valence-corrected chi connectivity index (χ4v) is 6.44. The summed E-state index contributed by atoms with van der Waals surface area (Å²) in [5, 5.41) is 8.75. The highest BCUT2D eigenvalue weighted by atomic mass is 16.5. The quantitative estimate of drug-likeness (QED) is 0.399. The minimum Gasteiger partial charge on any atom is -0.482 e. The Morgan fingerprint density at radius 3 is 2.36 bits per heavy atom. The lowest BCUT2D eigenvalue weighted by Crippen LogP contribution is -2.50. The number of aryl methyl sites for hydroxylation is 1. The van der Waals surface area contributed by atoms with Crippen LogP contribution in [0.2, 0.25) is 0 Å². The second kappa shape index (κ2) is 13.7. The number of benzene rings is 1. The molecule has 3 aliphatic rings. The van der Waals surface area contributed by atoms with E-state index in [2.05, 4.69) is 39.6 Å². The monoisotopic (exact) mass is 580 g/mol. The molecule has 1 N–H and O–H groups in total. The van der Waals surface area contributed by atoms with Crippen molar-refractivity contribution in [2.75, 3.05) is 39.5 Å². The summed E-state index contributed by atoms with van der Waals surface area (Å²) in [4.78, 5) is 35.9. The van der Waals surface area contributed by atoms with Crippen molar-refractivity contribution in [3.8, 4) is 17.4 Å². The molecule has 0 saturated carbocycles. The van der Waals surface area contributed by atoms with Crippen LogP contribution in [0.5, 0.6) is 17.4 Å². The molecule has 4 heterocycles. The lowest BCUT2D eigenvalue weighted by molar-refractivity contribution is -0.139. The maximum Gasteiger partial charge on any atom is 0.341 e. The van der Waals surface area contributed by atoms with E-state index in [1.807, 2.05) is 13.0 Å². The van der Waals surface area contributed by atoms with Gasteiger partial charge in [0.25, 0.3) is 0 Å². The zero-order valence-corrected chi connectivity index (χ0v) is 25.0. The SMILES string of the molecule is Cc1nc(Oc2ccc(OCC(=O)O)cc2)ccc1CN1CCC(N2C(=O)N(C3CCOCC3)C[C@H]2CC(C)C)CC1. The highest BCUT2D eigenvalue weighted by molar-refractivity contribution is 5.78. The number of piperidine rings is 1. The van der Waals surface area contributed by atoms with Crippen molar-refractivity contribution >= 4 is 12.0 Å². The van der Waals surface area contributed by atoms with Crippen molar-refractivity contribution in [3.05, 3.63) is 47.7 Å². The van der Waals surface area contributed by atoms with Crippen LogP contribution in [0.25, 0.3) is 0 Å². The van der Waals surface area contributed by atoms with Gasteiger partial charge in [0.05, 0.1) is 6.04 Å². The molecule has 0 spiro atoms. The van der Waals surface area contributed by atoms with Crippen molar-refractivity contribution < 1.29 is 28.9 Å². The van der Waals surface area contributed by atoms with Crippen LogP contribution in [0.1, 0.15) is 57.2 Å². The van der Waals surface area contributed by atoms with Gasteiger partial charge in [-0.25, -0.2) is 14.6 Å².